The van der Waals surface area contributed by atoms with Crippen LogP contribution in [0.2, 0.25) is 0 Å². The lowest BCUT2D eigenvalue weighted by Crippen LogP contribution is -2.47. The Balaban J connectivity index is 1.80. The van der Waals surface area contributed by atoms with E-state index in [0.717, 1.165) is 22.5 Å². The van der Waals surface area contributed by atoms with Crippen molar-refractivity contribution in [2.24, 2.45) is 0 Å². The summed E-state index contributed by atoms with van der Waals surface area (Å²) in [5.74, 6) is -0.0428. The second-order valence-corrected chi connectivity index (χ2v) is 8.20. The Bertz CT molecular complexity index is 1050. The van der Waals surface area contributed by atoms with E-state index in [2.05, 4.69) is 4.37 Å². The molecular formula is C23H23N3O2S. The van der Waals surface area contributed by atoms with Gasteiger partial charge in [-0.25, -0.2) is 4.37 Å². The number of nitrogens with zero attached hydrogens (tertiary/aromatic N) is 3. The topological polar surface area (TPSA) is 53.5 Å². The lowest BCUT2D eigenvalue weighted by atomic mass is 9.89. The third-order valence-electron chi connectivity index (χ3n) is 5.41. The van der Waals surface area contributed by atoms with Crippen molar-refractivity contribution in [3.05, 3.63) is 76.8 Å². The van der Waals surface area contributed by atoms with Crippen LogP contribution in [-0.4, -0.2) is 22.2 Å². The number of aryl methyl sites for hydroxylation is 1. The van der Waals surface area contributed by atoms with Crippen molar-refractivity contribution in [3.63, 3.8) is 0 Å². The number of carbonyl (C=O) groups is 2. The SMILES string of the molecule is CC(=O)N(c1ccccc1)C1CC(C)N(C(=O)c2sncc2C)c2ccccc21. The number of hydrogen-bond donors (Lipinski definition) is 0. The fourth-order valence-electron chi connectivity index (χ4n) is 4.11. The number of fused-ring (bicyclic) bond motifs is 1. The quantitative estimate of drug-likeness (QED) is 0.617. The van der Waals surface area contributed by atoms with Gasteiger partial charge in [-0.3, -0.25) is 9.59 Å². The summed E-state index contributed by atoms with van der Waals surface area (Å²) in [5.41, 5.74) is 3.60. The number of rotatable bonds is 3. The van der Waals surface area contributed by atoms with Crippen LogP contribution in [0.25, 0.3) is 0 Å². The highest BCUT2D eigenvalue weighted by atomic mass is 32.1. The zero-order chi connectivity index (χ0) is 20.5. The fraction of sp³-hybridized carbons (Fsp3) is 0.261. The number of carbonyl (C=O) groups excluding carboxylic acids is 2. The van der Waals surface area contributed by atoms with Crippen molar-refractivity contribution < 1.29 is 9.59 Å². The van der Waals surface area contributed by atoms with E-state index in [4.69, 9.17) is 0 Å². The van der Waals surface area contributed by atoms with Crippen molar-refractivity contribution in [3.8, 4) is 0 Å². The monoisotopic (exact) mass is 405 g/mol. The predicted molar refractivity (Wildman–Crippen MR) is 117 cm³/mol. The maximum atomic E-state index is 13.4. The van der Waals surface area contributed by atoms with Crippen molar-refractivity contribution in [1.82, 2.24) is 4.37 Å². The second-order valence-electron chi connectivity index (χ2n) is 7.40. The number of para-hydroxylation sites is 2. The number of hydrogen-bond acceptors (Lipinski definition) is 4. The predicted octanol–water partition coefficient (Wildman–Crippen LogP) is 4.98. The van der Waals surface area contributed by atoms with Gasteiger partial charge < -0.3 is 9.80 Å². The molecule has 1 aliphatic rings. The van der Waals surface area contributed by atoms with Crippen molar-refractivity contribution in [2.45, 2.75) is 39.3 Å². The highest BCUT2D eigenvalue weighted by molar-refractivity contribution is 7.08. The van der Waals surface area contributed by atoms with Gasteiger partial charge in [0, 0.05) is 30.5 Å². The summed E-state index contributed by atoms with van der Waals surface area (Å²) in [5, 5.41) is 0. The third kappa shape index (κ3) is 3.44. The van der Waals surface area contributed by atoms with Gasteiger partial charge in [0.1, 0.15) is 4.88 Å². The molecule has 2 atom stereocenters. The summed E-state index contributed by atoms with van der Waals surface area (Å²) in [6.45, 7) is 5.55. The van der Waals surface area contributed by atoms with Gasteiger partial charge in [-0.05, 0) is 61.1 Å². The minimum atomic E-state index is -0.132. The minimum absolute atomic E-state index is 0.0127. The average molecular weight is 406 g/mol. The smallest absolute Gasteiger partial charge is 0.270 e. The van der Waals surface area contributed by atoms with Gasteiger partial charge in [0.2, 0.25) is 5.91 Å². The zero-order valence-electron chi connectivity index (χ0n) is 16.7. The molecule has 0 N–H and O–H groups in total. The zero-order valence-corrected chi connectivity index (χ0v) is 17.5. The Hall–Kier alpha value is -2.99. The van der Waals surface area contributed by atoms with Crippen LogP contribution in [0, 0.1) is 6.92 Å². The lowest BCUT2D eigenvalue weighted by molar-refractivity contribution is -0.117. The van der Waals surface area contributed by atoms with Gasteiger partial charge in [0.15, 0.2) is 0 Å². The van der Waals surface area contributed by atoms with Crippen LogP contribution >= 0.6 is 11.5 Å². The second kappa shape index (κ2) is 7.79. The standard InChI is InChI=1S/C23H23N3O2S/c1-15-14-24-29-22(15)23(28)25-16(2)13-21(19-11-7-8-12-20(19)25)26(17(3)27)18-9-5-4-6-10-18/h4-12,14,16,21H,13H2,1-3H3. The molecule has 0 fully saturated rings. The van der Waals surface area contributed by atoms with E-state index in [-0.39, 0.29) is 23.9 Å². The molecule has 148 valence electrons. The molecule has 3 aromatic rings. The molecule has 2 unspecified atom stereocenters. The first-order chi connectivity index (χ1) is 14.0. The molecule has 1 aromatic heterocycles. The highest BCUT2D eigenvalue weighted by Crippen LogP contribution is 2.42. The van der Waals surface area contributed by atoms with Crippen LogP contribution in [-0.2, 0) is 4.79 Å². The number of benzene rings is 2. The Kier molecular flexibility index (Phi) is 5.20. The van der Waals surface area contributed by atoms with Gasteiger partial charge in [-0.1, -0.05) is 36.4 Å². The molecule has 0 bridgehead atoms. The Morgan fingerprint density at radius 3 is 2.45 bits per heavy atom. The fourth-order valence-corrected chi connectivity index (χ4v) is 4.80. The molecule has 0 aliphatic carbocycles. The molecule has 0 saturated carbocycles. The number of amides is 2. The van der Waals surface area contributed by atoms with Crippen LogP contribution in [0.4, 0.5) is 11.4 Å². The Morgan fingerprint density at radius 1 is 1.10 bits per heavy atom. The first-order valence-corrected chi connectivity index (χ1v) is 10.4. The molecule has 5 nitrogen and oxygen atoms in total. The maximum Gasteiger partial charge on any atom is 0.270 e. The molecule has 1 aliphatic heterocycles. The van der Waals surface area contributed by atoms with Crippen molar-refractivity contribution >= 4 is 34.7 Å². The maximum absolute atomic E-state index is 13.4. The van der Waals surface area contributed by atoms with Gasteiger partial charge in [-0.2, -0.15) is 0 Å². The van der Waals surface area contributed by atoms with Gasteiger partial charge >= 0.3 is 0 Å². The average Bonchev–Trinajstić information content (AvgIpc) is 3.14. The molecule has 29 heavy (non-hydrogen) atoms. The van der Waals surface area contributed by atoms with Crippen LogP contribution in [0.1, 0.15) is 47.1 Å². The summed E-state index contributed by atoms with van der Waals surface area (Å²) in [4.78, 5) is 30.4. The van der Waals surface area contributed by atoms with Crippen molar-refractivity contribution in [2.75, 3.05) is 9.80 Å². The van der Waals surface area contributed by atoms with Crippen LogP contribution < -0.4 is 9.80 Å². The molecular weight excluding hydrogens is 382 g/mol. The summed E-state index contributed by atoms with van der Waals surface area (Å²) in [6.07, 6.45) is 2.39. The molecule has 4 rings (SSSR count). The molecule has 2 heterocycles. The highest BCUT2D eigenvalue weighted by Gasteiger charge is 2.38. The first kappa shape index (κ1) is 19.3. The van der Waals surface area contributed by atoms with E-state index in [1.165, 1.54) is 11.5 Å². The minimum Gasteiger partial charge on any atom is -0.305 e. The van der Waals surface area contributed by atoms with E-state index in [0.29, 0.717) is 11.3 Å². The Labute approximate surface area is 174 Å². The first-order valence-electron chi connectivity index (χ1n) is 9.67. The molecule has 6 heteroatoms. The summed E-state index contributed by atoms with van der Waals surface area (Å²) >= 11 is 1.23. The van der Waals surface area contributed by atoms with Crippen LogP contribution in [0.5, 0.6) is 0 Å². The van der Waals surface area contributed by atoms with E-state index >= 15 is 0 Å². The lowest BCUT2D eigenvalue weighted by Gasteiger charge is -2.43. The van der Waals surface area contributed by atoms with Crippen LogP contribution in [0.15, 0.2) is 60.8 Å². The van der Waals surface area contributed by atoms with Crippen molar-refractivity contribution in [1.29, 1.82) is 0 Å². The number of aromatic nitrogens is 1. The van der Waals surface area contributed by atoms with E-state index in [1.54, 1.807) is 13.1 Å². The summed E-state index contributed by atoms with van der Waals surface area (Å²) in [6, 6.07) is 17.4. The molecule has 0 radical (unpaired) electrons. The summed E-state index contributed by atoms with van der Waals surface area (Å²) in [7, 11) is 0. The van der Waals surface area contributed by atoms with Gasteiger partial charge in [0.25, 0.3) is 5.91 Å². The molecule has 0 saturated heterocycles. The molecule has 2 amide bonds. The van der Waals surface area contributed by atoms with E-state index < -0.39 is 0 Å². The largest absolute Gasteiger partial charge is 0.305 e. The molecule has 2 aromatic carbocycles. The van der Waals surface area contributed by atoms with Gasteiger partial charge in [-0.15, -0.1) is 0 Å². The third-order valence-corrected chi connectivity index (χ3v) is 6.30. The van der Waals surface area contributed by atoms with Gasteiger partial charge in [0.05, 0.1) is 6.04 Å². The number of anilines is 2. The van der Waals surface area contributed by atoms with Crippen LogP contribution in [0.3, 0.4) is 0 Å². The molecule has 0 spiro atoms. The summed E-state index contributed by atoms with van der Waals surface area (Å²) < 4.78 is 4.17. The Morgan fingerprint density at radius 2 is 1.79 bits per heavy atom. The van der Waals surface area contributed by atoms with E-state index in [1.807, 2.05) is 78.2 Å². The van der Waals surface area contributed by atoms with E-state index in [9.17, 15) is 9.59 Å². The normalized spacial score (nSPS) is 18.2.